The first kappa shape index (κ1) is 15.3. The highest BCUT2D eigenvalue weighted by Gasteiger charge is 2.33. The van der Waals surface area contributed by atoms with Gasteiger partial charge in [-0.05, 0) is 45.6 Å². The summed E-state index contributed by atoms with van der Waals surface area (Å²) in [5.74, 6) is 1.06. The van der Waals surface area contributed by atoms with Crippen LogP contribution in [0.25, 0.3) is 0 Å². The van der Waals surface area contributed by atoms with Crippen molar-refractivity contribution in [1.82, 2.24) is 10.2 Å². The second-order valence-corrected chi connectivity index (χ2v) is 5.22. The van der Waals surface area contributed by atoms with E-state index >= 15 is 0 Å². The van der Waals surface area contributed by atoms with E-state index in [2.05, 4.69) is 50.9 Å². The number of likely N-dealkylation sites (N-methyl/N-ethyl adjacent to an activating group) is 2. The van der Waals surface area contributed by atoms with Gasteiger partial charge >= 0.3 is 0 Å². The van der Waals surface area contributed by atoms with Crippen LogP contribution in [0.15, 0.2) is 22.8 Å². The van der Waals surface area contributed by atoms with E-state index in [0.29, 0.717) is 6.04 Å². The summed E-state index contributed by atoms with van der Waals surface area (Å²) < 4.78 is 5.49. The monoisotopic (exact) mass is 252 g/mol. The molecule has 3 heteroatoms. The summed E-state index contributed by atoms with van der Waals surface area (Å²) in [6.45, 7) is 14.4. The number of nitrogens with one attached hydrogen (secondary N) is 1. The SMILES string of the molecule is CCNC(Cc1ccco1)C(C)(C)N(CC)CC. The fourth-order valence-corrected chi connectivity index (χ4v) is 2.71. The van der Waals surface area contributed by atoms with Gasteiger partial charge in [-0.25, -0.2) is 0 Å². The molecule has 0 bridgehead atoms. The summed E-state index contributed by atoms with van der Waals surface area (Å²) in [5, 5.41) is 3.61. The van der Waals surface area contributed by atoms with E-state index in [1.807, 2.05) is 6.07 Å². The lowest BCUT2D eigenvalue weighted by Gasteiger charge is -2.43. The van der Waals surface area contributed by atoms with Crippen molar-refractivity contribution in [1.29, 1.82) is 0 Å². The molecule has 1 aromatic heterocycles. The van der Waals surface area contributed by atoms with Crippen molar-refractivity contribution in [2.24, 2.45) is 0 Å². The molecule has 1 N–H and O–H groups in total. The molecule has 1 atom stereocenters. The molecule has 0 aliphatic rings. The van der Waals surface area contributed by atoms with Gasteiger partial charge in [-0.2, -0.15) is 0 Å². The van der Waals surface area contributed by atoms with Gasteiger partial charge in [0, 0.05) is 18.0 Å². The highest BCUT2D eigenvalue weighted by Crippen LogP contribution is 2.22. The maximum atomic E-state index is 5.49. The van der Waals surface area contributed by atoms with Gasteiger partial charge in [-0.3, -0.25) is 4.90 Å². The Morgan fingerprint density at radius 2 is 1.94 bits per heavy atom. The first-order chi connectivity index (χ1) is 8.56. The zero-order valence-corrected chi connectivity index (χ0v) is 12.5. The molecule has 0 aliphatic carbocycles. The molecule has 0 saturated heterocycles. The fourth-order valence-electron chi connectivity index (χ4n) is 2.71. The predicted octanol–water partition coefficient (Wildman–Crippen LogP) is 2.92. The lowest BCUT2D eigenvalue weighted by molar-refractivity contribution is 0.0896. The Morgan fingerprint density at radius 1 is 1.28 bits per heavy atom. The molecule has 0 spiro atoms. The van der Waals surface area contributed by atoms with Gasteiger partial charge in [0.1, 0.15) is 5.76 Å². The molecule has 0 fully saturated rings. The van der Waals surface area contributed by atoms with Crippen LogP contribution in [0.4, 0.5) is 0 Å². The van der Waals surface area contributed by atoms with Crippen molar-refractivity contribution in [2.45, 2.75) is 52.6 Å². The third-order valence-electron chi connectivity index (χ3n) is 3.87. The summed E-state index contributed by atoms with van der Waals surface area (Å²) in [5.41, 5.74) is 0.117. The van der Waals surface area contributed by atoms with Crippen molar-refractivity contribution in [3.63, 3.8) is 0 Å². The van der Waals surface area contributed by atoms with Crippen molar-refractivity contribution in [3.05, 3.63) is 24.2 Å². The van der Waals surface area contributed by atoms with Gasteiger partial charge in [0.15, 0.2) is 0 Å². The number of hydrogen-bond donors (Lipinski definition) is 1. The molecule has 104 valence electrons. The van der Waals surface area contributed by atoms with Gasteiger partial charge in [0.25, 0.3) is 0 Å². The molecule has 0 aliphatic heterocycles. The predicted molar refractivity (Wildman–Crippen MR) is 76.9 cm³/mol. The molecular weight excluding hydrogens is 224 g/mol. The van der Waals surface area contributed by atoms with Crippen LogP contribution in [0.3, 0.4) is 0 Å². The van der Waals surface area contributed by atoms with Gasteiger partial charge < -0.3 is 9.73 Å². The lowest BCUT2D eigenvalue weighted by Crippen LogP contribution is -2.58. The number of furan rings is 1. The van der Waals surface area contributed by atoms with Crippen molar-refractivity contribution in [3.8, 4) is 0 Å². The molecule has 1 aromatic rings. The second kappa shape index (κ2) is 6.95. The number of hydrogen-bond acceptors (Lipinski definition) is 3. The Labute approximate surface area is 112 Å². The molecule has 0 amide bonds. The van der Waals surface area contributed by atoms with Crippen molar-refractivity contribution in [2.75, 3.05) is 19.6 Å². The Kier molecular flexibility index (Phi) is 5.89. The highest BCUT2D eigenvalue weighted by atomic mass is 16.3. The average Bonchev–Trinajstić information content (AvgIpc) is 2.82. The van der Waals surface area contributed by atoms with Crippen LogP contribution >= 0.6 is 0 Å². The molecule has 0 radical (unpaired) electrons. The summed E-state index contributed by atoms with van der Waals surface area (Å²) in [7, 11) is 0. The molecule has 0 saturated carbocycles. The van der Waals surface area contributed by atoms with Gasteiger partial charge in [0.05, 0.1) is 6.26 Å². The van der Waals surface area contributed by atoms with E-state index in [-0.39, 0.29) is 5.54 Å². The minimum Gasteiger partial charge on any atom is -0.469 e. The molecule has 0 aromatic carbocycles. The van der Waals surface area contributed by atoms with Crippen LogP contribution in [0.1, 0.15) is 40.4 Å². The Balaban J connectivity index is 2.81. The fraction of sp³-hybridized carbons (Fsp3) is 0.733. The summed E-state index contributed by atoms with van der Waals surface area (Å²) >= 11 is 0. The zero-order valence-electron chi connectivity index (χ0n) is 12.5. The van der Waals surface area contributed by atoms with E-state index in [4.69, 9.17) is 4.42 Å². The van der Waals surface area contributed by atoms with Crippen LogP contribution in [0.2, 0.25) is 0 Å². The molecule has 1 unspecified atom stereocenters. The first-order valence-corrected chi connectivity index (χ1v) is 7.07. The van der Waals surface area contributed by atoms with E-state index in [9.17, 15) is 0 Å². The molecule has 1 heterocycles. The third kappa shape index (κ3) is 3.59. The maximum absolute atomic E-state index is 5.49. The first-order valence-electron chi connectivity index (χ1n) is 7.07. The quantitative estimate of drug-likeness (QED) is 0.771. The highest BCUT2D eigenvalue weighted by molar-refractivity contribution is 5.05. The average molecular weight is 252 g/mol. The third-order valence-corrected chi connectivity index (χ3v) is 3.87. The zero-order chi connectivity index (χ0) is 13.6. The van der Waals surface area contributed by atoms with Crippen molar-refractivity contribution >= 4 is 0 Å². The smallest absolute Gasteiger partial charge is 0.105 e. The summed E-state index contributed by atoms with van der Waals surface area (Å²) in [6.07, 6.45) is 2.69. The van der Waals surface area contributed by atoms with Gasteiger partial charge in [0.2, 0.25) is 0 Å². The molecule has 1 rings (SSSR count). The second-order valence-electron chi connectivity index (χ2n) is 5.22. The Hall–Kier alpha value is -0.800. The molecule has 3 nitrogen and oxygen atoms in total. The number of nitrogens with zero attached hydrogens (tertiary/aromatic N) is 1. The summed E-state index contributed by atoms with van der Waals surface area (Å²) in [6, 6.07) is 4.42. The Morgan fingerprint density at radius 3 is 2.39 bits per heavy atom. The largest absolute Gasteiger partial charge is 0.469 e. The minimum atomic E-state index is 0.117. The van der Waals surface area contributed by atoms with Crippen molar-refractivity contribution < 1.29 is 4.42 Å². The molecular formula is C15H28N2O. The van der Waals surface area contributed by atoms with Crippen LogP contribution in [-0.4, -0.2) is 36.1 Å². The maximum Gasteiger partial charge on any atom is 0.105 e. The minimum absolute atomic E-state index is 0.117. The van der Waals surface area contributed by atoms with Gasteiger partial charge in [-0.15, -0.1) is 0 Å². The van der Waals surface area contributed by atoms with Crippen LogP contribution in [0.5, 0.6) is 0 Å². The van der Waals surface area contributed by atoms with E-state index < -0.39 is 0 Å². The van der Waals surface area contributed by atoms with Crippen LogP contribution in [0, 0.1) is 0 Å². The van der Waals surface area contributed by atoms with Crippen LogP contribution < -0.4 is 5.32 Å². The number of rotatable bonds is 8. The van der Waals surface area contributed by atoms with E-state index in [1.54, 1.807) is 6.26 Å². The summed E-state index contributed by atoms with van der Waals surface area (Å²) in [4.78, 5) is 2.50. The molecule has 18 heavy (non-hydrogen) atoms. The lowest BCUT2D eigenvalue weighted by atomic mass is 9.89. The standard InChI is InChI=1S/C15H28N2O/c1-6-16-14(12-13-10-9-11-18-13)15(4,5)17(7-2)8-3/h9-11,14,16H,6-8,12H2,1-5H3. The Bertz CT molecular complexity index is 315. The topological polar surface area (TPSA) is 28.4 Å². The van der Waals surface area contributed by atoms with E-state index in [0.717, 1.165) is 31.8 Å². The van der Waals surface area contributed by atoms with E-state index in [1.165, 1.54) is 0 Å². The van der Waals surface area contributed by atoms with Gasteiger partial charge in [-0.1, -0.05) is 20.8 Å². The normalized spacial score (nSPS) is 14.1. The van der Waals surface area contributed by atoms with Crippen LogP contribution in [-0.2, 0) is 6.42 Å².